The van der Waals surface area contributed by atoms with Gasteiger partial charge < -0.3 is 13.9 Å². The Morgan fingerprint density at radius 2 is 1.30 bits per heavy atom. The van der Waals surface area contributed by atoms with Crippen molar-refractivity contribution in [3.8, 4) is 11.8 Å². The lowest BCUT2D eigenvalue weighted by atomic mass is 10.1. The van der Waals surface area contributed by atoms with Crippen LogP contribution in [0, 0.1) is 11.8 Å². The van der Waals surface area contributed by atoms with E-state index >= 15 is 0 Å². The van der Waals surface area contributed by atoms with Crippen molar-refractivity contribution in [2.75, 3.05) is 7.11 Å². The van der Waals surface area contributed by atoms with Gasteiger partial charge in [0.05, 0.1) is 18.8 Å². The predicted octanol–water partition coefficient (Wildman–Crippen LogP) is 9.14. The molecule has 0 aliphatic heterocycles. The minimum atomic E-state index is -2.79. The highest BCUT2D eigenvalue weighted by Gasteiger charge is 2.51. The number of carbonyl (C=O) groups excluding carboxylic acids is 2. The van der Waals surface area contributed by atoms with Crippen molar-refractivity contribution in [1.82, 2.24) is 0 Å². The normalized spacial score (nSPS) is 13.2. The molecule has 0 N–H and O–H groups in total. The van der Waals surface area contributed by atoms with Gasteiger partial charge in [-0.2, -0.15) is 0 Å². The number of rotatable bonds is 18. The first-order chi connectivity index (χ1) is 24.2. The summed E-state index contributed by atoms with van der Waals surface area (Å²) in [5, 5.41) is 2.30. The van der Waals surface area contributed by atoms with Crippen LogP contribution in [0.15, 0.2) is 127 Å². The molecule has 0 amide bonds. The molecule has 50 heavy (non-hydrogen) atoms. The van der Waals surface area contributed by atoms with E-state index in [1.807, 2.05) is 36.4 Å². The molecule has 0 spiro atoms. The van der Waals surface area contributed by atoms with Gasteiger partial charge in [0.1, 0.15) is 6.10 Å². The average Bonchev–Trinajstić information content (AvgIpc) is 3.13. The number of ether oxygens (including phenoxy) is 2. The molecule has 0 saturated carbocycles. The summed E-state index contributed by atoms with van der Waals surface area (Å²) >= 11 is 0. The quantitative estimate of drug-likeness (QED) is 0.0438. The molecule has 3 aromatic rings. The van der Waals surface area contributed by atoms with E-state index in [1.165, 1.54) is 30.3 Å². The topological polar surface area (TPSA) is 61.8 Å². The lowest BCUT2D eigenvalue weighted by Crippen LogP contribution is -2.67. The van der Waals surface area contributed by atoms with Crippen LogP contribution in [0.2, 0.25) is 5.04 Å². The minimum absolute atomic E-state index is 0.158. The molecule has 3 aromatic carbocycles. The molecular formula is C44H54O5Si. The summed E-state index contributed by atoms with van der Waals surface area (Å²) in [7, 11) is -1.42. The smallest absolute Gasteiger partial charge is 0.338 e. The van der Waals surface area contributed by atoms with Gasteiger partial charge in [0, 0.05) is 19.3 Å². The minimum Gasteiger partial charge on any atom is -0.469 e. The lowest BCUT2D eigenvalue weighted by Gasteiger charge is -2.44. The van der Waals surface area contributed by atoms with E-state index < -0.39 is 20.4 Å². The maximum absolute atomic E-state index is 12.8. The second-order valence-corrected chi connectivity index (χ2v) is 17.5. The van der Waals surface area contributed by atoms with E-state index in [1.54, 1.807) is 24.3 Å². The van der Waals surface area contributed by atoms with Crippen LogP contribution in [0.25, 0.3) is 0 Å². The van der Waals surface area contributed by atoms with Gasteiger partial charge in [-0.05, 0) is 52.9 Å². The summed E-state index contributed by atoms with van der Waals surface area (Å²) in [5.74, 6) is 6.13. The van der Waals surface area contributed by atoms with Crippen molar-refractivity contribution < 1.29 is 23.5 Å². The fourth-order valence-electron chi connectivity index (χ4n) is 5.82. The number of carbonyl (C=O) groups is 2. The summed E-state index contributed by atoms with van der Waals surface area (Å²) in [6, 6.07) is 30.2. The van der Waals surface area contributed by atoms with Gasteiger partial charge in [-0.25, -0.2) is 4.79 Å². The molecule has 0 aliphatic carbocycles. The number of esters is 2. The fraction of sp³-hybridized carbons (Fsp3) is 0.364. The average molecular weight is 691 g/mol. The van der Waals surface area contributed by atoms with Crippen LogP contribution >= 0.6 is 0 Å². The Labute approximate surface area is 301 Å². The number of allylic oxidation sites excluding steroid dienone is 4. The highest BCUT2D eigenvalue weighted by atomic mass is 28.4. The van der Waals surface area contributed by atoms with E-state index in [4.69, 9.17) is 13.9 Å². The molecule has 0 unspecified atom stereocenters. The Hall–Kier alpha value is -4.44. The summed E-state index contributed by atoms with van der Waals surface area (Å²) in [6.45, 7) is 9.06. The van der Waals surface area contributed by atoms with E-state index in [0.717, 1.165) is 12.8 Å². The monoisotopic (exact) mass is 690 g/mol. The zero-order valence-corrected chi connectivity index (χ0v) is 31.5. The van der Waals surface area contributed by atoms with E-state index in [2.05, 4.69) is 106 Å². The van der Waals surface area contributed by atoms with Crippen molar-refractivity contribution in [2.24, 2.45) is 0 Å². The number of methoxy groups -OCH3 is 1. The molecule has 0 aromatic heterocycles. The summed E-state index contributed by atoms with van der Waals surface area (Å²) < 4.78 is 18.0. The summed E-state index contributed by atoms with van der Waals surface area (Å²) in [5.41, 5.74) is 0.484. The molecular weight excluding hydrogens is 637 g/mol. The Bertz CT molecular complexity index is 1540. The van der Waals surface area contributed by atoms with Crippen LogP contribution in [0.4, 0.5) is 0 Å². The summed E-state index contributed by atoms with van der Waals surface area (Å²) in [4.78, 5) is 24.4. The third-order valence-electron chi connectivity index (χ3n) is 8.43. The van der Waals surface area contributed by atoms with Crippen LogP contribution in [0.5, 0.6) is 0 Å². The number of benzene rings is 3. The van der Waals surface area contributed by atoms with Gasteiger partial charge >= 0.3 is 11.9 Å². The van der Waals surface area contributed by atoms with Crippen molar-refractivity contribution in [3.05, 3.63) is 133 Å². The predicted molar refractivity (Wildman–Crippen MR) is 208 cm³/mol. The highest BCUT2D eigenvalue weighted by molar-refractivity contribution is 6.99. The molecule has 6 heteroatoms. The first-order valence-electron chi connectivity index (χ1n) is 17.8. The summed E-state index contributed by atoms with van der Waals surface area (Å²) in [6.07, 6.45) is 17.2. The Morgan fingerprint density at radius 3 is 1.84 bits per heavy atom. The molecule has 0 bridgehead atoms. The van der Waals surface area contributed by atoms with Gasteiger partial charge in [-0.1, -0.05) is 150 Å². The molecule has 0 radical (unpaired) electrons. The van der Waals surface area contributed by atoms with Gasteiger partial charge in [-0.3, -0.25) is 4.79 Å². The maximum atomic E-state index is 12.8. The Balaban J connectivity index is 1.86. The van der Waals surface area contributed by atoms with Gasteiger partial charge in [0.15, 0.2) is 0 Å². The van der Waals surface area contributed by atoms with Crippen LogP contribution in [-0.4, -0.2) is 39.6 Å². The molecule has 0 saturated heterocycles. The molecule has 5 nitrogen and oxygen atoms in total. The molecule has 2 atom stereocenters. The molecule has 0 fully saturated rings. The maximum Gasteiger partial charge on any atom is 0.338 e. The third kappa shape index (κ3) is 12.8. The lowest BCUT2D eigenvalue weighted by molar-refractivity contribution is -0.140. The van der Waals surface area contributed by atoms with E-state index in [9.17, 15) is 9.59 Å². The van der Waals surface area contributed by atoms with Crippen LogP contribution in [0.1, 0.15) is 89.4 Å². The van der Waals surface area contributed by atoms with E-state index in [0.29, 0.717) is 24.8 Å². The van der Waals surface area contributed by atoms with Crippen LogP contribution in [0.3, 0.4) is 0 Å². The molecule has 3 rings (SSSR count). The SMILES string of the molecule is CCCCCC#CC[C@H](/C=C/C=C/C=C\[C@H](CCCC(=O)OC)OC(=O)c1ccccc1)O[Si](c1ccccc1)(c1ccccc1)C(C)(C)C. The zero-order valence-electron chi connectivity index (χ0n) is 30.5. The van der Waals surface area contributed by atoms with Crippen molar-refractivity contribution in [1.29, 1.82) is 0 Å². The molecule has 0 aliphatic rings. The second-order valence-electron chi connectivity index (χ2n) is 13.3. The Kier molecular flexibility index (Phi) is 17.3. The van der Waals surface area contributed by atoms with Crippen LogP contribution < -0.4 is 10.4 Å². The number of hydrogen-bond acceptors (Lipinski definition) is 5. The zero-order chi connectivity index (χ0) is 36.1. The fourth-order valence-corrected chi connectivity index (χ4v) is 10.5. The number of hydrogen-bond donors (Lipinski definition) is 0. The third-order valence-corrected chi connectivity index (χ3v) is 13.5. The number of unbranched alkanes of at least 4 members (excludes halogenated alkanes) is 3. The van der Waals surface area contributed by atoms with Crippen molar-refractivity contribution in [3.63, 3.8) is 0 Å². The van der Waals surface area contributed by atoms with E-state index in [-0.39, 0.29) is 23.5 Å². The molecule has 0 heterocycles. The highest BCUT2D eigenvalue weighted by Crippen LogP contribution is 2.38. The second kappa shape index (κ2) is 21.6. The van der Waals surface area contributed by atoms with Crippen LogP contribution in [-0.2, 0) is 18.7 Å². The molecule has 264 valence electrons. The van der Waals surface area contributed by atoms with Gasteiger partial charge in [0.2, 0.25) is 0 Å². The largest absolute Gasteiger partial charge is 0.469 e. The van der Waals surface area contributed by atoms with Crippen molar-refractivity contribution in [2.45, 2.75) is 96.3 Å². The van der Waals surface area contributed by atoms with Gasteiger partial charge in [-0.15, -0.1) is 11.8 Å². The standard InChI is InChI=1S/C44H54O5Si/c1-6-7-8-9-10-19-29-39(49-50(44(2,3)4,40-32-21-14-22-33-40)41-34-23-15-24-35-41)30-20-12-11-18-28-38(31-25-36-42(45)47-5)48-43(46)37-26-16-13-17-27-37/h11-18,20-24,26-28,30,32-35,38-39H,6-9,25,29,31,36H2,1-5H3/b12-11+,28-18-,30-20+/t38-,39-/m1/s1. The first-order valence-corrected chi connectivity index (χ1v) is 19.7. The Morgan fingerprint density at radius 1 is 0.740 bits per heavy atom. The van der Waals surface area contributed by atoms with Gasteiger partial charge in [0.25, 0.3) is 8.32 Å². The first kappa shape index (κ1) is 40.0. The van der Waals surface area contributed by atoms with Crippen molar-refractivity contribution >= 4 is 30.6 Å².